The molecule has 2 aromatic carbocycles. The molecular formula is C22H29N3OS. The molecule has 0 bridgehead atoms. The molecular weight excluding hydrogens is 354 g/mol. The van der Waals surface area contributed by atoms with Crippen LogP contribution in [0.4, 0.5) is 0 Å². The van der Waals surface area contributed by atoms with Crippen molar-refractivity contribution in [2.45, 2.75) is 37.8 Å². The molecule has 5 heteroatoms. The zero-order chi connectivity index (χ0) is 18.7. The number of hydrogen-bond donors (Lipinski definition) is 3. The molecule has 0 saturated carbocycles. The van der Waals surface area contributed by atoms with Gasteiger partial charge in [-0.05, 0) is 36.8 Å². The minimum atomic E-state index is 0.157. The Balaban J connectivity index is 1.48. The number of rotatable bonds is 11. The Labute approximate surface area is 166 Å². The third-order valence-corrected chi connectivity index (χ3v) is 5.54. The highest BCUT2D eigenvalue weighted by Crippen LogP contribution is 2.18. The summed E-state index contributed by atoms with van der Waals surface area (Å²) in [6, 6.07) is 21.4. The maximum absolute atomic E-state index is 6.39. The fraction of sp³-hybridized carbons (Fsp3) is 0.364. The molecule has 3 rings (SSSR count). The van der Waals surface area contributed by atoms with Gasteiger partial charge in [0.1, 0.15) is 6.61 Å². The Morgan fingerprint density at radius 1 is 0.963 bits per heavy atom. The minimum absolute atomic E-state index is 0.157. The Morgan fingerprint density at radius 3 is 2.26 bits per heavy atom. The first-order valence-electron chi connectivity index (χ1n) is 9.55. The molecule has 1 aliphatic heterocycles. The quantitative estimate of drug-likeness (QED) is 0.518. The van der Waals surface area contributed by atoms with Crippen molar-refractivity contribution in [3.63, 3.8) is 0 Å². The standard InChI is InChI=1S/C22H29N3OS/c23-20(13-18-7-3-1-4-8-18)11-12-21(14-19-9-5-2-6-10-19)25-26-16-22-15-24-17-27-22/h1-10,15,20-21,24-25H,11-14,16-17,23H2/t20-,21-/m1/s1. The van der Waals surface area contributed by atoms with Crippen LogP contribution >= 0.6 is 11.8 Å². The van der Waals surface area contributed by atoms with E-state index in [0.717, 1.165) is 31.6 Å². The van der Waals surface area contributed by atoms with Gasteiger partial charge in [0.2, 0.25) is 0 Å². The van der Waals surface area contributed by atoms with Crippen LogP contribution in [0, 0.1) is 0 Å². The minimum Gasteiger partial charge on any atom is -0.381 e. The van der Waals surface area contributed by atoms with E-state index in [1.165, 1.54) is 16.0 Å². The Morgan fingerprint density at radius 2 is 1.63 bits per heavy atom. The highest BCUT2D eigenvalue weighted by Gasteiger charge is 2.14. The summed E-state index contributed by atoms with van der Waals surface area (Å²) >= 11 is 1.78. The van der Waals surface area contributed by atoms with Gasteiger partial charge in [0.25, 0.3) is 0 Å². The summed E-state index contributed by atoms with van der Waals surface area (Å²) in [6.45, 7) is 0.596. The number of nitrogens with one attached hydrogen (secondary N) is 2. The average Bonchev–Trinajstić information content (AvgIpc) is 3.21. The van der Waals surface area contributed by atoms with Crippen LogP contribution in [0.1, 0.15) is 24.0 Å². The van der Waals surface area contributed by atoms with Crippen LogP contribution in [0.25, 0.3) is 0 Å². The van der Waals surface area contributed by atoms with Crippen LogP contribution < -0.4 is 16.5 Å². The van der Waals surface area contributed by atoms with E-state index in [1.54, 1.807) is 11.8 Å². The van der Waals surface area contributed by atoms with Crippen molar-refractivity contribution in [2.24, 2.45) is 5.73 Å². The van der Waals surface area contributed by atoms with Crippen molar-refractivity contribution < 1.29 is 4.84 Å². The first-order chi connectivity index (χ1) is 13.3. The smallest absolute Gasteiger partial charge is 0.101 e. The van der Waals surface area contributed by atoms with Gasteiger partial charge in [0.15, 0.2) is 0 Å². The molecule has 0 unspecified atom stereocenters. The molecule has 0 radical (unpaired) electrons. The first kappa shape index (κ1) is 20.0. The molecule has 4 nitrogen and oxygen atoms in total. The number of hydrogen-bond acceptors (Lipinski definition) is 5. The first-order valence-corrected chi connectivity index (χ1v) is 10.5. The van der Waals surface area contributed by atoms with E-state index < -0.39 is 0 Å². The molecule has 0 fully saturated rings. The molecule has 0 saturated heterocycles. The van der Waals surface area contributed by atoms with Gasteiger partial charge in [-0.25, -0.2) is 0 Å². The second kappa shape index (κ2) is 11.1. The van der Waals surface area contributed by atoms with Crippen molar-refractivity contribution in [2.75, 3.05) is 12.5 Å². The topological polar surface area (TPSA) is 59.3 Å². The fourth-order valence-electron chi connectivity index (χ4n) is 3.18. The highest BCUT2D eigenvalue weighted by molar-refractivity contribution is 8.03. The number of benzene rings is 2. The summed E-state index contributed by atoms with van der Waals surface area (Å²) in [6.07, 6.45) is 5.81. The van der Waals surface area contributed by atoms with E-state index in [0.29, 0.717) is 6.61 Å². The Hall–Kier alpha value is -1.79. The molecule has 0 aromatic heterocycles. The Bertz CT molecular complexity index is 693. The molecule has 144 valence electrons. The van der Waals surface area contributed by atoms with Crippen LogP contribution in [-0.2, 0) is 17.7 Å². The fourth-order valence-corrected chi connectivity index (χ4v) is 3.84. The Kier molecular flexibility index (Phi) is 8.24. The zero-order valence-electron chi connectivity index (χ0n) is 15.6. The normalized spacial score (nSPS) is 15.8. The summed E-state index contributed by atoms with van der Waals surface area (Å²) in [4.78, 5) is 7.01. The van der Waals surface area contributed by atoms with Crippen LogP contribution in [0.5, 0.6) is 0 Å². The van der Waals surface area contributed by atoms with Crippen molar-refractivity contribution in [3.05, 3.63) is 82.9 Å². The van der Waals surface area contributed by atoms with Gasteiger partial charge in [0.05, 0.1) is 5.88 Å². The van der Waals surface area contributed by atoms with Crippen LogP contribution in [0.2, 0.25) is 0 Å². The lowest BCUT2D eigenvalue weighted by Crippen LogP contribution is -2.34. The van der Waals surface area contributed by atoms with E-state index in [4.69, 9.17) is 10.6 Å². The molecule has 4 N–H and O–H groups in total. The maximum Gasteiger partial charge on any atom is 0.101 e. The van der Waals surface area contributed by atoms with Gasteiger partial charge in [-0.1, -0.05) is 60.7 Å². The largest absolute Gasteiger partial charge is 0.381 e. The van der Waals surface area contributed by atoms with Crippen molar-refractivity contribution in [3.8, 4) is 0 Å². The maximum atomic E-state index is 6.39. The highest BCUT2D eigenvalue weighted by atomic mass is 32.2. The van der Waals surface area contributed by atoms with Gasteiger partial charge in [0, 0.05) is 23.2 Å². The number of nitrogens with two attached hydrogens (primary N) is 1. The van der Waals surface area contributed by atoms with Gasteiger partial charge in [-0.3, -0.25) is 4.84 Å². The monoisotopic (exact) mass is 383 g/mol. The molecule has 1 heterocycles. The number of thioether (sulfide) groups is 1. The molecule has 0 aliphatic carbocycles. The molecule has 0 amide bonds. The second-order valence-corrected chi connectivity index (χ2v) is 8.03. The average molecular weight is 384 g/mol. The van der Waals surface area contributed by atoms with Crippen LogP contribution in [0.15, 0.2) is 71.8 Å². The third kappa shape index (κ3) is 7.39. The zero-order valence-corrected chi connectivity index (χ0v) is 16.5. The molecule has 1 aliphatic rings. The lowest BCUT2D eigenvalue weighted by Gasteiger charge is -2.21. The van der Waals surface area contributed by atoms with E-state index >= 15 is 0 Å². The van der Waals surface area contributed by atoms with Crippen LogP contribution in [0.3, 0.4) is 0 Å². The second-order valence-electron chi connectivity index (χ2n) is 6.92. The summed E-state index contributed by atoms with van der Waals surface area (Å²) in [5.41, 5.74) is 12.3. The molecule has 2 atom stereocenters. The van der Waals surface area contributed by atoms with Crippen molar-refractivity contribution >= 4 is 11.8 Å². The van der Waals surface area contributed by atoms with E-state index in [1.807, 2.05) is 12.3 Å². The summed E-state index contributed by atoms with van der Waals surface area (Å²) < 4.78 is 0. The predicted molar refractivity (Wildman–Crippen MR) is 114 cm³/mol. The van der Waals surface area contributed by atoms with E-state index in [9.17, 15) is 0 Å². The van der Waals surface area contributed by atoms with Crippen molar-refractivity contribution in [1.29, 1.82) is 0 Å². The number of hydroxylamine groups is 1. The van der Waals surface area contributed by atoms with Crippen molar-refractivity contribution in [1.82, 2.24) is 10.8 Å². The van der Waals surface area contributed by atoms with E-state index in [-0.39, 0.29) is 12.1 Å². The summed E-state index contributed by atoms with van der Waals surface area (Å²) in [5.74, 6) is 0.931. The van der Waals surface area contributed by atoms with Crippen LogP contribution in [-0.4, -0.2) is 24.6 Å². The molecule has 27 heavy (non-hydrogen) atoms. The molecule has 0 spiro atoms. The third-order valence-electron chi connectivity index (χ3n) is 4.62. The van der Waals surface area contributed by atoms with Gasteiger partial charge in [-0.15, -0.1) is 11.8 Å². The summed E-state index contributed by atoms with van der Waals surface area (Å²) in [5, 5.41) is 3.19. The van der Waals surface area contributed by atoms with E-state index in [2.05, 4.69) is 65.4 Å². The van der Waals surface area contributed by atoms with Gasteiger partial charge >= 0.3 is 0 Å². The SMILES string of the molecule is N[C@H](CC[C@H](Cc1ccccc1)NOCC1=CNCS1)Cc1ccccc1. The summed E-state index contributed by atoms with van der Waals surface area (Å²) in [7, 11) is 0. The predicted octanol–water partition coefficient (Wildman–Crippen LogP) is 3.60. The molecule has 2 aromatic rings. The van der Waals surface area contributed by atoms with Gasteiger partial charge < -0.3 is 11.1 Å². The lowest BCUT2D eigenvalue weighted by molar-refractivity contribution is 0.0303. The van der Waals surface area contributed by atoms with Gasteiger partial charge in [-0.2, -0.15) is 5.48 Å². The lowest BCUT2D eigenvalue weighted by atomic mass is 9.97.